The van der Waals surface area contributed by atoms with Crippen LogP contribution in [-0.4, -0.2) is 37.3 Å². The zero-order valence-electron chi connectivity index (χ0n) is 11.3. The molecule has 1 aliphatic rings. The molecular formula is C13H21N3O2. The predicted octanol–water partition coefficient (Wildman–Crippen LogP) is 1.34. The highest BCUT2D eigenvalue weighted by atomic mass is 16.5. The summed E-state index contributed by atoms with van der Waals surface area (Å²) in [7, 11) is 3.26. The molecule has 2 heterocycles. The first kappa shape index (κ1) is 13.1. The van der Waals surface area contributed by atoms with Gasteiger partial charge in [0.1, 0.15) is 5.82 Å². The fourth-order valence-electron chi connectivity index (χ4n) is 2.35. The summed E-state index contributed by atoms with van der Waals surface area (Å²) in [5.74, 6) is 2.71. The Hall–Kier alpha value is -1.36. The Bertz CT molecular complexity index is 378. The Morgan fingerprint density at radius 2 is 1.67 bits per heavy atom. The highest BCUT2D eigenvalue weighted by molar-refractivity contribution is 5.34. The lowest BCUT2D eigenvalue weighted by atomic mass is 9.94. The Labute approximate surface area is 108 Å². The van der Waals surface area contributed by atoms with Crippen molar-refractivity contribution < 1.29 is 9.47 Å². The van der Waals surface area contributed by atoms with Crippen LogP contribution in [0.15, 0.2) is 0 Å². The molecule has 1 aromatic rings. The van der Waals surface area contributed by atoms with Gasteiger partial charge in [-0.25, -0.2) is 0 Å². The predicted molar refractivity (Wildman–Crippen MR) is 69.2 cm³/mol. The maximum Gasteiger partial charge on any atom is 0.223 e. The van der Waals surface area contributed by atoms with E-state index in [9.17, 15) is 0 Å². The van der Waals surface area contributed by atoms with E-state index in [4.69, 9.17) is 9.47 Å². The maximum absolute atomic E-state index is 5.27. The molecule has 5 nitrogen and oxygen atoms in total. The second kappa shape index (κ2) is 6.00. The Balaban J connectivity index is 2.16. The van der Waals surface area contributed by atoms with E-state index in [1.165, 1.54) is 12.8 Å². The molecule has 1 fully saturated rings. The van der Waals surface area contributed by atoms with Crippen molar-refractivity contribution in [2.45, 2.75) is 26.2 Å². The van der Waals surface area contributed by atoms with Crippen molar-refractivity contribution in [2.24, 2.45) is 5.92 Å². The molecule has 0 atom stereocenters. The van der Waals surface area contributed by atoms with Crippen LogP contribution in [-0.2, 0) is 6.42 Å². The van der Waals surface area contributed by atoms with Gasteiger partial charge in [0.05, 0.1) is 19.8 Å². The molecule has 0 amide bonds. The zero-order chi connectivity index (χ0) is 13.0. The van der Waals surface area contributed by atoms with E-state index in [-0.39, 0.29) is 0 Å². The van der Waals surface area contributed by atoms with Crippen LogP contribution in [0.4, 0.5) is 0 Å². The van der Waals surface area contributed by atoms with Gasteiger partial charge in [-0.3, -0.25) is 0 Å². The number of nitrogens with zero attached hydrogens (tertiary/aromatic N) is 2. The second-order valence-corrected chi connectivity index (χ2v) is 4.68. The highest BCUT2D eigenvalue weighted by Gasteiger charge is 2.18. The fraction of sp³-hybridized carbons (Fsp3) is 0.692. The number of methoxy groups -OCH3 is 2. The van der Waals surface area contributed by atoms with Gasteiger partial charge >= 0.3 is 0 Å². The van der Waals surface area contributed by atoms with Crippen LogP contribution in [0.2, 0.25) is 0 Å². The van der Waals surface area contributed by atoms with Crippen molar-refractivity contribution >= 4 is 0 Å². The normalized spacial score (nSPS) is 16.6. The van der Waals surface area contributed by atoms with E-state index in [0.29, 0.717) is 17.7 Å². The van der Waals surface area contributed by atoms with Crippen molar-refractivity contribution in [3.05, 3.63) is 11.4 Å². The molecule has 5 heteroatoms. The highest BCUT2D eigenvalue weighted by Crippen LogP contribution is 2.25. The molecule has 0 radical (unpaired) electrons. The van der Waals surface area contributed by atoms with Crippen molar-refractivity contribution in [3.63, 3.8) is 0 Å². The quantitative estimate of drug-likeness (QED) is 0.875. The topological polar surface area (TPSA) is 56.3 Å². The van der Waals surface area contributed by atoms with Crippen molar-refractivity contribution in [1.82, 2.24) is 15.3 Å². The third-order valence-electron chi connectivity index (χ3n) is 3.42. The van der Waals surface area contributed by atoms with E-state index in [0.717, 1.165) is 30.9 Å². The van der Waals surface area contributed by atoms with Crippen LogP contribution in [0.25, 0.3) is 0 Å². The van der Waals surface area contributed by atoms with Gasteiger partial charge in [-0.1, -0.05) is 0 Å². The van der Waals surface area contributed by atoms with Crippen LogP contribution < -0.4 is 14.8 Å². The summed E-state index contributed by atoms with van der Waals surface area (Å²) in [4.78, 5) is 8.92. The van der Waals surface area contributed by atoms with Crippen molar-refractivity contribution in [3.8, 4) is 11.8 Å². The molecule has 100 valence electrons. The van der Waals surface area contributed by atoms with Crippen molar-refractivity contribution in [1.29, 1.82) is 0 Å². The molecule has 0 spiro atoms. The number of hydrogen-bond donors (Lipinski definition) is 1. The van der Waals surface area contributed by atoms with E-state index in [1.54, 1.807) is 14.2 Å². The molecule has 0 unspecified atom stereocenters. The Kier molecular flexibility index (Phi) is 4.36. The van der Waals surface area contributed by atoms with Gasteiger partial charge in [0.2, 0.25) is 11.8 Å². The lowest BCUT2D eigenvalue weighted by molar-refractivity contribution is 0.344. The van der Waals surface area contributed by atoms with Gasteiger partial charge in [0.25, 0.3) is 0 Å². The number of aromatic nitrogens is 2. The fourth-order valence-corrected chi connectivity index (χ4v) is 2.35. The van der Waals surface area contributed by atoms with Crippen molar-refractivity contribution in [2.75, 3.05) is 27.3 Å². The SMILES string of the molecule is COc1nc(CC2CCNCC2)nc(OC)c1C. The standard InChI is InChI=1S/C13H21N3O2/c1-9-12(17-2)15-11(16-13(9)18-3)8-10-4-6-14-7-5-10/h10,14H,4-8H2,1-3H3. The average Bonchev–Trinajstić information content (AvgIpc) is 2.41. The van der Waals surface area contributed by atoms with Gasteiger partial charge in [-0.05, 0) is 38.8 Å². The molecule has 0 aliphatic carbocycles. The molecule has 1 aromatic heterocycles. The van der Waals surface area contributed by atoms with Crippen LogP contribution in [0.1, 0.15) is 24.2 Å². The molecule has 0 aromatic carbocycles. The minimum atomic E-state index is 0.616. The molecular weight excluding hydrogens is 230 g/mol. The van der Waals surface area contributed by atoms with E-state index < -0.39 is 0 Å². The molecule has 1 aliphatic heterocycles. The largest absolute Gasteiger partial charge is 0.481 e. The second-order valence-electron chi connectivity index (χ2n) is 4.68. The molecule has 2 rings (SSSR count). The molecule has 0 saturated carbocycles. The van der Waals surface area contributed by atoms with Crippen LogP contribution in [0, 0.1) is 12.8 Å². The summed E-state index contributed by atoms with van der Waals surface area (Å²) in [6.07, 6.45) is 3.26. The minimum absolute atomic E-state index is 0.616. The lowest BCUT2D eigenvalue weighted by Crippen LogP contribution is -2.29. The average molecular weight is 251 g/mol. The van der Waals surface area contributed by atoms with Crippen LogP contribution in [0.3, 0.4) is 0 Å². The smallest absolute Gasteiger partial charge is 0.223 e. The summed E-state index contributed by atoms with van der Waals surface area (Å²) in [6.45, 7) is 4.08. The van der Waals surface area contributed by atoms with E-state index >= 15 is 0 Å². The third kappa shape index (κ3) is 2.90. The van der Waals surface area contributed by atoms with Gasteiger partial charge < -0.3 is 14.8 Å². The summed E-state index contributed by atoms with van der Waals surface area (Å²) in [5, 5.41) is 3.36. The number of rotatable bonds is 4. The van der Waals surface area contributed by atoms with Gasteiger partial charge in [0.15, 0.2) is 0 Å². The Morgan fingerprint density at radius 3 is 2.17 bits per heavy atom. The lowest BCUT2D eigenvalue weighted by Gasteiger charge is -2.22. The minimum Gasteiger partial charge on any atom is -0.481 e. The third-order valence-corrected chi connectivity index (χ3v) is 3.42. The zero-order valence-corrected chi connectivity index (χ0v) is 11.3. The van der Waals surface area contributed by atoms with E-state index in [2.05, 4.69) is 15.3 Å². The Morgan fingerprint density at radius 1 is 1.11 bits per heavy atom. The van der Waals surface area contributed by atoms with E-state index in [1.807, 2.05) is 6.92 Å². The number of nitrogens with one attached hydrogen (secondary N) is 1. The summed E-state index contributed by atoms with van der Waals surface area (Å²) >= 11 is 0. The maximum atomic E-state index is 5.27. The van der Waals surface area contributed by atoms with Crippen LogP contribution >= 0.6 is 0 Å². The molecule has 18 heavy (non-hydrogen) atoms. The first-order chi connectivity index (χ1) is 8.74. The number of piperidine rings is 1. The van der Waals surface area contributed by atoms with Gasteiger partial charge in [-0.2, -0.15) is 9.97 Å². The summed E-state index contributed by atoms with van der Waals surface area (Å²) in [5.41, 5.74) is 0.856. The first-order valence-corrected chi connectivity index (χ1v) is 6.40. The number of ether oxygens (including phenoxy) is 2. The van der Waals surface area contributed by atoms with Crippen LogP contribution in [0.5, 0.6) is 11.8 Å². The van der Waals surface area contributed by atoms with Gasteiger partial charge in [-0.15, -0.1) is 0 Å². The first-order valence-electron chi connectivity index (χ1n) is 6.40. The van der Waals surface area contributed by atoms with Gasteiger partial charge in [0, 0.05) is 6.42 Å². The number of hydrogen-bond acceptors (Lipinski definition) is 5. The summed E-state index contributed by atoms with van der Waals surface area (Å²) < 4.78 is 10.5. The summed E-state index contributed by atoms with van der Waals surface area (Å²) in [6, 6.07) is 0. The monoisotopic (exact) mass is 251 g/mol. The molecule has 1 N–H and O–H groups in total. The molecule has 0 bridgehead atoms. The molecule has 1 saturated heterocycles.